The van der Waals surface area contributed by atoms with Gasteiger partial charge in [0.25, 0.3) is 0 Å². The molecule has 1 aliphatic rings. The molecule has 0 unspecified atom stereocenters. The van der Waals surface area contributed by atoms with Gasteiger partial charge in [0.2, 0.25) is 5.88 Å². The van der Waals surface area contributed by atoms with Crippen molar-refractivity contribution in [3.05, 3.63) is 17.8 Å². The van der Waals surface area contributed by atoms with Crippen molar-refractivity contribution < 1.29 is 4.74 Å². The summed E-state index contributed by atoms with van der Waals surface area (Å²) in [5.74, 6) is 0.719. The number of ether oxygens (including phenoxy) is 1. The Hall–Kier alpha value is -1.29. The van der Waals surface area contributed by atoms with Gasteiger partial charge in [-0.15, -0.1) is 0 Å². The second-order valence-electron chi connectivity index (χ2n) is 3.96. The highest BCUT2D eigenvalue weighted by atomic mass is 16.5. The first kappa shape index (κ1) is 10.2. The minimum atomic E-state index is 0.293. The summed E-state index contributed by atoms with van der Waals surface area (Å²) in [4.78, 5) is 4.20. The third-order valence-corrected chi connectivity index (χ3v) is 2.62. The van der Waals surface area contributed by atoms with Crippen LogP contribution in [0.4, 0.5) is 5.69 Å². The number of rotatable bonds is 2. The molecule has 2 rings (SSSR count). The van der Waals surface area contributed by atoms with Gasteiger partial charge in [-0.1, -0.05) is 0 Å². The smallest absolute Gasteiger partial charge is 0.216 e. The summed E-state index contributed by atoms with van der Waals surface area (Å²) in [7, 11) is 0. The first-order valence-corrected chi connectivity index (χ1v) is 5.35. The van der Waals surface area contributed by atoms with Crippen LogP contribution in [-0.2, 0) is 0 Å². The van der Waals surface area contributed by atoms with Crippen molar-refractivity contribution in [1.82, 2.24) is 10.3 Å². The molecule has 0 atom stereocenters. The molecule has 1 fully saturated rings. The SMILES string of the molecule is Cc1cc(N)cnc1OC1CCNCC1. The van der Waals surface area contributed by atoms with Crippen LogP contribution in [0.3, 0.4) is 0 Å². The van der Waals surface area contributed by atoms with Gasteiger partial charge in [0.05, 0.1) is 11.9 Å². The van der Waals surface area contributed by atoms with E-state index in [0.29, 0.717) is 11.8 Å². The number of nitrogen functional groups attached to an aromatic ring is 1. The first-order valence-electron chi connectivity index (χ1n) is 5.35. The summed E-state index contributed by atoms with van der Waals surface area (Å²) in [5, 5.41) is 3.30. The van der Waals surface area contributed by atoms with E-state index in [1.807, 2.05) is 13.0 Å². The standard InChI is InChI=1S/C11H17N3O/c1-8-6-9(12)7-14-11(8)15-10-2-4-13-5-3-10/h6-7,10,13H,2-5,12H2,1H3. The van der Waals surface area contributed by atoms with Crippen LogP contribution in [0.2, 0.25) is 0 Å². The van der Waals surface area contributed by atoms with E-state index in [0.717, 1.165) is 37.4 Å². The van der Waals surface area contributed by atoms with Gasteiger partial charge in [-0.05, 0) is 38.9 Å². The quantitative estimate of drug-likeness (QED) is 0.762. The van der Waals surface area contributed by atoms with Crippen molar-refractivity contribution in [2.75, 3.05) is 18.8 Å². The van der Waals surface area contributed by atoms with E-state index in [4.69, 9.17) is 10.5 Å². The maximum Gasteiger partial charge on any atom is 0.216 e. The molecule has 0 aliphatic carbocycles. The van der Waals surface area contributed by atoms with Gasteiger partial charge in [-0.3, -0.25) is 0 Å². The molecule has 0 bridgehead atoms. The highest BCUT2D eigenvalue weighted by Gasteiger charge is 2.15. The van der Waals surface area contributed by atoms with E-state index >= 15 is 0 Å². The highest BCUT2D eigenvalue weighted by molar-refractivity contribution is 5.41. The van der Waals surface area contributed by atoms with E-state index in [1.54, 1.807) is 6.20 Å². The molecule has 4 nitrogen and oxygen atoms in total. The van der Waals surface area contributed by atoms with Gasteiger partial charge >= 0.3 is 0 Å². The second kappa shape index (κ2) is 4.49. The molecule has 0 aromatic carbocycles. The average molecular weight is 207 g/mol. The third-order valence-electron chi connectivity index (χ3n) is 2.62. The van der Waals surface area contributed by atoms with Crippen LogP contribution in [0.15, 0.2) is 12.3 Å². The van der Waals surface area contributed by atoms with Crippen molar-refractivity contribution in [3.63, 3.8) is 0 Å². The Bertz CT molecular complexity index is 335. The summed E-state index contributed by atoms with van der Waals surface area (Å²) in [5.41, 5.74) is 7.33. The normalized spacial score (nSPS) is 17.7. The van der Waals surface area contributed by atoms with Gasteiger partial charge in [0, 0.05) is 5.56 Å². The lowest BCUT2D eigenvalue weighted by molar-refractivity contribution is 0.155. The summed E-state index contributed by atoms with van der Waals surface area (Å²) in [6.45, 7) is 4.02. The zero-order chi connectivity index (χ0) is 10.7. The molecule has 15 heavy (non-hydrogen) atoms. The van der Waals surface area contributed by atoms with Crippen LogP contribution in [0.1, 0.15) is 18.4 Å². The molecule has 0 saturated carbocycles. The Balaban J connectivity index is 2.03. The molecule has 0 amide bonds. The third kappa shape index (κ3) is 2.59. The monoisotopic (exact) mass is 207 g/mol. The number of hydrogen-bond donors (Lipinski definition) is 2. The minimum absolute atomic E-state index is 0.293. The number of nitrogens with one attached hydrogen (secondary N) is 1. The molecule has 1 aromatic heterocycles. The van der Waals surface area contributed by atoms with Crippen molar-refractivity contribution in [1.29, 1.82) is 0 Å². The molecule has 4 heteroatoms. The fourth-order valence-corrected chi connectivity index (χ4v) is 1.78. The highest BCUT2D eigenvalue weighted by Crippen LogP contribution is 2.20. The Morgan fingerprint density at radius 1 is 1.47 bits per heavy atom. The number of piperidine rings is 1. The molecule has 0 spiro atoms. The molecule has 3 N–H and O–H groups in total. The average Bonchev–Trinajstić information content (AvgIpc) is 2.24. The number of aromatic nitrogens is 1. The van der Waals surface area contributed by atoms with Crippen molar-refractivity contribution in [2.45, 2.75) is 25.9 Å². The van der Waals surface area contributed by atoms with Crippen LogP contribution < -0.4 is 15.8 Å². The summed E-state index contributed by atoms with van der Waals surface area (Å²) in [6, 6.07) is 1.89. The number of anilines is 1. The molecular formula is C11H17N3O. The molecule has 1 saturated heterocycles. The summed E-state index contributed by atoms with van der Waals surface area (Å²) < 4.78 is 5.83. The van der Waals surface area contributed by atoms with Crippen LogP contribution in [-0.4, -0.2) is 24.2 Å². The van der Waals surface area contributed by atoms with Crippen LogP contribution in [0.5, 0.6) is 5.88 Å². The zero-order valence-corrected chi connectivity index (χ0v) is 8.99. The lowest BCUT2D eigenvalue weighted by Crippen LogP contribution is -2.34. The van der Waals surface area contributed by atoms with Gasteiger partial charge in [-0.25, -0.2) is 4.98 Å². The van der Waals surface area contributed by atoms with Crippen molar-refractivity contribution in [2.24, 2.45) is 0 Å². The number of nitrogens with zero attached hydrogens (tertiary/aromatic N) is 1. The lowest BCUT2D eigenvalue weighted by atomic mass is 10.1. The molecule has 82 valence electrons. The Labute approximate surface area is 89.8 Å². The first-order chi connectivity index (χ1) is 7.25. The molecule has 1 aromatic rings. The number of pyridine rings is 1. The van der Waals surface area contributed by atoms with E-state index in [1.165, 1.54) is 0 Å². The zero-order valence-electron chi connectivity index (χ0n) is 8.99. The number of aryl methyl sites for hydroxylation is 1. The number of hydrogen-bond acceptors (Lipinski definition) is 4. The van der Waals surface area contributed by atoms with Crippen LogP contribution in [0.25, 0.3) is 0 Å². The Morgan fingerprint density at radius 3 is 2.87 bits per heavy atom. The fraction of sp³-hybridized carbons (Fsp3) is 0.545. The fourth-order valence-electron chi connectivity index (χ4n) is 1.78. The number of nitrogens with two attached hydrogens (primary N) is 1. The summed E-state index contributed by atoms with van der Waals surface area (Å²) >= 11 is 0. The molecule has 2 heterocycles. The van der Waals surface area contributed by atoms with Gasteiger partial charge in [0.1, 0.15) is 6.10 Å². The molecule has 0 radical (unpaired) electrons. The summed E-state index contributed by atoms with van der Waals surface area (Å²) in [6.07, 6.45) is 4.03. The molecule has 1 aliphatic heterocycles. The van der Waals surface area contributed by atoms with E-state index in [9.17, 15) is 0 Å². The Morgan fingerprint density at radius 2 is 2.20 bits per heavy atom. The van der Waals surface area contributed by atoms with Crippen molar-refractivity contribution in [3.8, 4) is 5.88 Å². The van der Waals surface area contributed by atoms with E-state index in [2.05, 4.69) is 10.3 Å². The van der Waals surface area contributed by atoms with Gasteiger partial charge < -0.3 is 15.8 Å². The predicted octanol–water partition coefficient (Wildman–Crippen LogP) is 1.10. The second-order valence-corrected chi connectivity index (χ2v) is 3.96. The van der Waals surface area contributed by atoms with Crippen LogP contribution in [0, 0.1) is 6.92 Å². The largest absolute Gasteiger partial charge is 0.474 e. The Kier molecular flexibility index (Phi) is 3.06. The van der Waals surface area contributed by atoms with Gasteiger partial charge in [0.15, 0.2) is 0 Å². The van der Waals surface area contributed by atoms with Gasteiger partial charge in [-0.2, -0.15) is 0 Å². The minimum Gasteiger partial charge on any atom is -0.474 e. The van der Waals surface area contributed by atoms with Crippen LogP contribution >= 0.6 is 0 Å². The lowest BCUT2D eigenvalue weighted by Gasteiger charge is -2.23. The predicted molar refractivity (Wildman–Crippen MR) is 59.9 cm³/mol. The van der Waals surface area contributed by atoms with E-state index < -0.39 is 0 Å². The van der Waals surface area contributed by atoms with Crippen molar-refractivity contribution >= 4 is 5.69 Å². The maximum atomic E-state index is 5.83. The maximum absolute atomic E-state index is 5.83. The van der Waals surface area contributed by atoms with E-state index in [-0.39, 0.29) is 0 Å². The topological polar surface area (TPSA) is 60.2 Å². The molecular weight excluding hydrogens is 190 g/mol.